The number of rotatable bonds is 0. The van der Waals surface area contributed by atoms with Gasteiger partial charge in [0.2, 0.25) is 0 Å². The fraction of sp³-hybridized carbons (Fsp3) is 0. The molecule has 1 rings (SSSR count). The molecule has 59 valence electrons. The van der Waals surface area contributed by atoms with Crippen molar-refractivity contribution >= 4 is 74.0 Å². The molecule has 0 amide bonds. The number of aromatic hydroxyl groups is 1. The molecule has 0 fully saturated rings. The second-order valence-corrected chi connectivity index (χ2v) is 4.13. The summed E-state index contributed by atoms with van der Waals surface area (Å²) in [6.45, 7) is 0. The van der Waals surface area contributed by atoms with Crippen LogP contribution in [0.2, 0.25) is 0 Å². The van der Waals surface area contributed by atoms with E-state index in [9.17, 15) is 0 Å². The summed E-state index contributed by atoms with van der Waals surface area (Å²) in [6.07, 6.45) is 0. The van der Waals surface area contributed by atoms with Gasteiger partial charge in [-0.1, -0.05) is 0 Å². The van der Waals surface area contributed by atoms with E-state index < -0.39 is 0 Å². The Kier molecular flexibility index (Phi) is 5.78. The molecule has 0 bridgehead atoms. The van der Waals surface area contributed by atoms with Crippen LogP contribution in [0.1, 0.15) is 0 Å². The molecule has 0 aliphatic carbocycles. The Bertz CT molecular complexity index is 237. The van der Waals surface area contributed by atoms with Gasteiger partial charge in [0.1, 0.15) is 5.75 Å². The van der Waals surface area contributed by atoms with E-state index in [1.165, 1.54) is 0 Å². The molecule has 0 heterocycles. The average Bonchev–Trinajstić information content (AvgIpc) is 1.93. The van der Waals surface area contributed by atoms with Crippen molar-refractivity contribution in [3.05, 3.63) is 25.6 Å². The molecule has 0 saturated heterocycles. The topological polar surface area (TPSA) is 20.2 Å². The van der Waals surface area contributed by atoms with E-state index in [0.29, 0.717) is 4.47 Å². The maximum atomic E-state index is 9.13. The molecular formula is C6H3BiBr3O. The molecular weight excluding hydrogens is 537 g/mol. The van der Waals surface area contributed by atoms with Gasteiger partial charge in [-0.25, -0.2) is 0 Å². The van der Waals surface area contributed by atoms with Crippen LogP contribution in [-0.2, 0) is 0 Å². The second kappa shape index (κ2) is 5.15. The van der Waals surface area contributed by atoms with Crippen LogP contribution >= 0.6 is 47.8 Å². The van der Waals surface area contributed by atoms with E-state index in [4.69, 9.17) is 5.11 Å². The Balaban J connectivity index is 0.000001000. The van der Waals surface area contributed by atoms with Gasteiger partial charge in [-0.3, -0.25) is 0 Å². The van der Waals surface area contributed by atoms with Gasteiger partial charge in [0.15, 0.2) is 0 Å². The second-order valence-electron chi connectivity index (χ2n) is 1.69. The Morgan fingerprint density at radius 1 is 1.00 bits per heavy atom. The van der Waals surface area contributed by atoms with Crippen LogP contribution in [0.15, 0.2) is 25.6 Å². The fourth-order valence-corrected chi connectivity index (χ4v) is 1.79. The molecule has 1 aromatic rings. The van der Waals surface area contributed by atoms with Gasteiger partial charge < -0.3 is 5.11 Å². The van der Waals surface area contributed by atoms with Crippen LogP contribution < -0.4 is 0 Å². The van der Waals surface area contributed by atoms with Crippen molar-refractivity contribution in [1.29, 1.82) is 0 Å². The van der Waals surface area contributed by atoms with E-state index in [1.54, 1.807) is 12.1 Å². The van der Waals surface area contributed by atoms with E-state index in [2.05, 4.69) is 47.8 Å². The zero-order valence-electron chi connectivity index (χ0n) is 5.18. The molecule has 11 heavy (non-hydrogen) atoms. The SMILES string of the molecule is Oc1ccc(Br)c(Br)c1Br.[Bi]. The van der Waals surface area contributed by atoms with Crippen molar-refractivity contribution in [2.75, 3.05) is 0 Å². The van der Waals surface area contributed by atoms with Crippen molar-refractivity contribution in [3.8, 4) is 5.75 Å². The van der Waals surface area contributed by atoms with Crippen LogP contribution in [-0.4, -0.2) is 31.3 Å². The first-order valence-electron chi connectivity index (χ1n) is 2.45. The zero-order valence-corrected chi connectivity index (χ0v) is 13.4. The van der Waals surface area contributed by atoms with Crippen molar-refractivity contribution in [2.24, 2.45) is 0 Å². The molecule has 5 heteroatoms. The molecule has 1 nitrogen and oxygen atoms in total. The third-order valence-corrected chi connectivity index (χ3v) is 4.37. The molecule has 0 aliphatic heterocycles. The molecule has 0 spiro atoms. The number of phenols is 1. The van der Waals surface area contributed by atoms with Crippen LogP contribution in [0.3, 0.4) is 0 Å². The minimum atomic E-state index is 0. The van der Waals surface area contributed by atoms with Gasteiger partial charge in [0.05, 0.1) is 4.47 Å². The smallest absolute Gasteiger partial charge is 0.130 e. The summed E-state index contributed by atoms with van der Waals surface area (Å²) >= 11 is 9.77. The van der Waals surface area contributed by atoms with Crippen LogP contribution in [0.25, 0.3) is 0 Å². The number of phenolic OH excluding ortho intramolecular Hbond substituents is 1. The normalized spacial score (nSPS) is 9.00. The van der Waals surface area contributed by atoms with Crippen molar-refractivity contribution in [3.63, 3.8) is 0 Å². The van der Waals surface area contributed by atoms with Gasteiger partial charge in [-0.2, -0.15) is 0 Å². The quantitative estimate of drug-likeness (QED) is 0.396. The maximum Gasteiger partial charge on any atom is 0.130 e. The predicted octanol–water partition coefficient (Wildman–Crippen LogP) is 3.30. The molecule has 1 aromatic carbocycles. The minimum Gasteiger partial charge on any atom is -0.507 e. The van der Waals surface area contributed by atoms with E-state index in [0.717, 1.165) is 8.95 Å². The molecule has 0 unspecified atom stereocenters. The number of hydrogen-bond donors (Lipinski definition) is 1. The first-order chi connectivity index (χ1) is 4.63. The summed E-state index contributed by atoms with van der Waals surface area (Å²) < 4.78 is 2.41. The number of hydrogen-bond acceptors (Lipinski definition) is 1. The van der Waals surface area contributed by atoms with Gasteiger partial charge in [-0.15, -0.1) is 0 Å². The Labute approximate surface area is 109 Å². The molecule has 1 N–H and O–H groups in total. The Morgan fingerprint density at radius 2 is 1.55 bits per heavy atom. The van der Waals surface area contributed by atoms with Crippen molar-refractivity contribution in [1.82, 2.24) is 0 Å². The summed E-state index contributed by atoms with van der Waals surface area (Å²) in [7, 11) is 0. The van der Waals surface area contributed by atoms with Gasteiger partial charge in [0.25, 0.3) is 0 Å². The van der Waals surface area contributed by atoms with Gasteiger partial charge in [0, 0.05) is 35.1 Å². The molecule has 0 aromatic heterocycles. The first-order valence-corrected chi connectivity index (χ1v) is 4.83. The summed E-state index contributed by atoms with van der Waals surface area (Å²) in [4.78, 5) is 0. The third kappa shape index (κ3) is 2.94. The monoisotopic (exact) mass is 537 g/mol. The van der Waals surface area contributed by atoms with Gasteiger partial charge in [-0.05, 0) is 59.9 Å². The molecule has 3 radical (unpaired) electrons. The number of halogens is 3. The van der Waals surface area contributed by atoms with Crippen LogP contribution in [0.5, 0.6) is 5.75 Å². The van der Waals surface area contributed by atoms with Crippen LogP contribution in [0.4, 0.5) is 0 Å². The molecule has 0 atom stereocenters. The van der Waals surface area contributed by atoms with Crippen molar-refractivity contribution < 1.29 is 5.11 Å². The van der Waals surface area contributed by atoms with Crippen LogP contribution in [0, 0.1) is 0 Å². The first kappa shape index (κ1) is 12.3. The largest absolute Gasteiger partial charge is 0.507 e. The van der Waals surface area contributed by atoms with E-state index in [-0.39, 0.29) is 32.0 Å². The fourth-order valence-electron chi connectivity index (χ4n) is 0.516. The molecule has 0 aliphatic rings. The Morgan fingerprint density at radius 3 is 2.00 bits per heavy atom. The summed E-state index contributed by atoms with van der Waals surface area (Å²) in [5.74, 6) is 0.232. The predicted molar refractivity (Wildman–Crippen MR) is 57.0 cm³/mol. The summed E-state index contributed by atoms with van der Waals surface area (Å²) in [5, 5.41) is 9.13. The summed E-state index contributed by atoms with van der Waals surface area (Å²) in [6, 6.07) is 3.38. The summed E-state index contributed by atoms with van der Waals surface area (Å²) in [5.41, 5.74) is 0. The standard InChI is InChI=1S/C6H3Br3O.Bi/c7-3-1-2-4(10)6(9)5(3)8;/h1-2,10H;. The average molecular weight is 540 g/mol. The Hall–Kier alpha value is 1.34. The minimum absolute atomic E-state index is 0. The maximum absolute atomic E-state index is 9.13. The molecule has 0 saturated carbocycles. The van der Waals surface area contributed by atoms with E-state index >= 15 is 0 Å². The van der Waals surface area contributed by atoms with Gasteiger partial charge >= 0.3 is 0 Å². The third-order valence-electron chi connectivity index (χ3n) is 1.01. The van der Waals surface area contributed by atoms with Crippen molar-refractivity contribution in [2.45, 2.75) is 0 Å². The van der Waals surface area contributed by atoms with E-state index in [1.807, 2.05) is 0 Å². The zero-order chi connectivity index (χ0) is 7.72. The number of benzene rings is 1.